The first kappa shape index (κ1) is 10.7. The van der Waals surface area contributed by atoms with Crippen molar-refractivity contribution in [3.8, 4) is 0 Å². The summed E-state index contributed by atoms with van der Waals surface area (Å²) in [4.78, 5) is 21.2. The molecule has 0 aliphatic heterocycles. The van der Waals surface area contributed by atoms with Crippen LogP contribution in [0.25, 0.3) is 0 Å². The highest BCUT2D eigenvalue weighted by Gasteiger charge is 2.23. The molecule has 5 heteroatoms. The molecule has 0 radical (unpaired) electrons. The van der Waals surface area contributed by atoms with Gasteiger partial charge in [-0.3, -0.25) is 9.59 Å². The molecule has 0 saturated carbocycles. The van der Waals surface area contributed by atoms with Gasteiger partial charge in [-0.15, -0.1) is 0 Å². The number of alkyl halides is 2. The summed E-state index contributed by atoms with van der Waals surface area (Å²) in [6.07, 6.45) is -2.16. The van der Waals surface area contributed by atoms with E-state index in [4.69, 9.17) is 0 Å². The zero-order valence-electron chi connectivity index (χ0n) is 6.73. The van der Waals surface area contributed by atoms with Crippen LogP contribution in [0.4, 0.5) is 8.78 Å². The van der Waals surface area contributed by atoms with Crippen molar-refractivity contribution in [1.82, 2.24) is 5.32 Å². The van der Waals surface area contributed by atoms with Gasteiger partial charge in [-0.25, -0.2) is 8.78 Å². The van der Waals surface area contributed by atoms with Crippen LogP contribution in [0.2, 0.25) is 0 Å². The van der Waals surface area contributed by atoms with Crippen LogP contribution in [0.5, 0.6) is 0 Å². The van der Waals surface area contributed by atoms with Crippen molar-refractivity contribution in [2.24, 2.45) is 0 Å². The third kappa shape index (κ3) is 2.77. The summed E-state index contributed by atoms with van der Waals surface area (Å²) < 4.78 is 23.6. The number of rotatable bonds is 4. The number of Topliss-reactive ketones (excluding diaryl/α,β-unsaturated/α-hetero) is 2. The molecular formula is C7H9F2NO2. The van der Waals surface area contributed by atoms with E-state index in [1.165, 1.54) is 7.05 Å². The monoisotopic (exact) mass is 177 g/mol. The molecule has 3 nitrogen and oxygen atoms in total. The second-order valence-electron chi connectivity index (χ2n) is 2.07. The van der Waals surface area contributed by atoms with Crippen molar-refractivity contribution in [3.05, 3.63) is 11.8 Å². The molecule has 0 heterocycles. The lowest BCUT2D eigenvalue weighted by Gasteiger charge is -2.00. The largest absolute Gasteiger partial charge is 0.393 e. The van der Waals surface area contributed by atoms with Gasteiger partial charge in [0.25, 0.3) is 0 Å². The molecule has 1 N–H and O–H groups in total. The molecule has 0 unspecified atom stereocenters. The molecule has 0 rings (SSSR count). The van der Waals surface area contributed by atoms with Gasteiger partial charge < -0.3 is 5.32 Å². The topological polar surface area (TPSA) is 46.2 Å². The SMILES string of the molecule is CN/C=C(/C(C)=O)C(=O)C(F)F. The van der Waals surface area contributed by atoms with Crippen LogP contribution >= 0.6 is 0 Å². The van der Waals surface area contributed by atoms with Gasteiger partial charge in [-0.2, -0.15) is 0 Å². The van der Waals surface area contributed by atoms with Crippen molar-refractivity contribution in [2.75, 3.05) is 7.05 Å². The Morgan fingerprint density at radius 1 is 1.42 bits per heavy atom. The van der Waals surface area contributed by atoms with Crippen LogP contribution in [-0.4, -0.2) is 25.0 Å². The lowest BCUT2D eigenvalue weighted by Crippen LogP contribution is -2.19. The summed E-state index contributed by atoms with van der Waals surface area (Å²) in [6, 6.07) is 0. The van der Waals surface area contributed by atoms with Gasteiger partial charge in [0.2, 0.25) is 5.78 Å². The standard InChI is InChI=1S/C7H9F2NO2/c1-4(11)5(3-10-2)6(12)7(8)9/h3,7,10H,1-2H3/b5-3-. The van der Waals surface area contributed by atoms with Crippen LogP contribution in [0.3, 0.4) is 0 Å². The second kappa shape index (κ2) is 4.58. The number of carbonyl (C=O) groups excluding carboxylic acids is 2. The fraction of sp³-hybridized carbons (Fsp3) is 0.429. The van der Waals surface area contributed by atoms with Crippen molar-refractivity contribution < 1.29 is 18.4 Å². The molecule has 68 valence electrons. The average molecular weight is 177 g/mol. The summed E-state index contributed by atoms with van der Waals surface area (Å²) in [7, 11) is 1.42. The second-order valence-corrected chi connectivity index (χ2v) is 2.07. The Morgan fingerprint density at radius 2 is 1.92 bits per heavy atom. The van der Waals surface area contributed by atoms with Crippen LogP contribution in [0, 0.1) is 0 Å². The molecule has 0 atom stereocenters. The molecule has 0 spiro atoms. The Morgan fingerprint density at radius 3 is 2.17 bits per heavy atom. The minimum atomic E-state index is -3.13. The molecule has 0 aromatic heterocycles. The van der Waals surface area contributed by atoms with Gasteiger partial charge in [0.1, 0.15) is 0 Å². The molecule has 0 fully saturated rings. The number of nitrogens with one attached hydrogen (secondary N) is 1. The van der Waals surface area contributed by atoms with Gasteiger partial charge in [0.15, 0.2) is 5.78 Å². The molecule has 0 bridgehead atoms. The first-order chi connectivity index (χ1) is 5.50. The Hall–Kier alpha value is -1.26. The van der Waals surface area contributed by atoms with Gasteiger partial charge in [0.05, 0.1) is 5.57 Å². The normalized spacial score (nSPS) is 11.6. The summed E-state index contributed by atoms with van der Waals surface area (Å²) in [5.74, 6) is -2.12. The number of allylic oxidation sites excluding steroid dienone is 1. The Bertz CT molecular complexity index is 223. The van der Waals surface area contributed by atoms with Crippen molar-refractivity contribution in [3.63, 3.8) is 0 Å². The highest BCUT2D eigenvalue weighted by Crippen LogP contribution is 2.05. The fourth-order valence-electron chi connectivity index (χ4n) is 0.608. The first-order valence-corrected chi connectivity index (χ1v) is 3.21. The quantitative estimate of drug-likeness (QED) is 0.386. The molecule has 0 amide bonds. The van der Waals surface area contributed by atoms with Crippen molar-refractivity contribution in [1.29, 1.82) is 0 Å². The molecule has 0 aromatic carbocycles. The fourth-order valence-corrected chi connectivity index (χ4v) is 0.608. The lowest BCUT2D eigenvalue weighted by molar-refractivity contribution is -0.128. The van der Waals surface area contributed by atoms with Crippen LogP contribution < -0.4 is 5.32 Å². The average Bonchev–Trinajstić information content (AvgIpc) is 1.98. The van der Waals surface area contributed by atoms with E-state index in [9.17, 15) is 18.4 Å². The van der Waals surface area contributed by atoms with Gasteiger partial charge >= 0.3 is 6.43 Å². The van der Waals surface area contributed by atoms with E-state index in [1.54, 1.807) is 0 Å². The first-order valence-electron chi connectivity index (χ1n) is 3.21. The van der Waals surface area contributed by atoms with Gasteiger partial charge in [-0.1, -0.05) is 0 Å². The predicted molar refractivity (Wildman–Crippen MR) is 38.8 cm³/mol. The molecule has 0 aromatic rings. The summed E-state index contributed by atoms with van der Waals surface area (Å²) in [5.41, 5.74) is -0.507. The third-order valence-corrected chi connectivity index (χ3v) is 1.13. The molecule has 0 saturated heterocycles. The van der Waals surface area contributed by atoms with Crippen molar-refractivity contribution >= 4 is 11.6 Å². The Labute approximate surface area is 68.4 Å². The number of carbonyl (C=O) groups is 2. The predicted octanol–water partition coefficient (Wildman–Crippen LogP) is 0.513. The van der Waals surface area contributed by atoms with E-state index in [2.05, 4.69) is 5.32 Å². The minimum Gasteiger partial charge on any atom is -0.393 e. The number of ketones is 2. The van der Waals surface area contributed by atoms with E-state index in [0.29, 0.717) is 0 Å². The summed E-state index contributed by atoms with van der Waals surface area (Å²) in [5, 5.41) is 2.35. The zero-order valence-corrected chi connectivity index (χ0v) is 6.73. The molecular weight excluding hydrogens is 168 g/mol. The third-order valence-electron chi connectivity index (χ3n) is 1.13. The van der Waals surface area contributed by atoms with E-state index in [-0.39, 0.29) is 0 Å². The summed E-state index contributed by atoms with van der Waals surface area (Å²) in [6.45, 7) is 1.06. The van der Waals surface area contributed by atoms with E-state index >= 15 is 0 Å². The summed E-state index contributed by atoms with van der Waals surface area (Å²) >= 11 is 0. The highest BCUT2D eigenvalue weighted by atomic mass is 19.3. The van der Waals surface area contributed by atoms with Gasteiger partial charge in [0, 0.05) is 13.2 Å². The Kier molecular flexibility index (Phi) is 4.10. The maximum absolute atomic E-state index is 11.8. The van der Waals surface area contributed by atoms with E-state index in [1.807, 2.05) is 0 Å². The van der Waals surface area contributed by atoms with Crippen LogP contribution in [-0.2, 0) is 9.59 Å². The number of hydrogen-bond donors (Lipinski definition) is 1. The maximum Gasteiger partial charge on any atom is 0.300 e. The smallest absolute Gasteiger partial charge is 0.300 e. The lowest BCUT2D eigenvalue weighted by atomic mass is 10.1. The van der Waals surface area contributed by atoms with Crippen LogP contribution in [0.1, 0.15) is 6.92 Å². The zero-order chi connectivity index (χ0) is 9.72. The van der Waals surface area contributed by atoms with Gasteiger partial charge in [-0.05, 0) is 6.92 Å². The Balaban J connectivity index is 4.65. The maximum atomic E-state index is 11.8. The number of halogens is 2. The molecule has 12 heavy (non-hydrogen) atoms. The van der Waals surface area contributed by atoms with E-state index < -0.39 is 23.6 Å². The highest BCUT2D eigenvalue weighted by molar-refractivity contribution is 6.20. The van der Waals surface area contributed by atoms with E-state index in [0.717, 1.165) is 13.1 Å². The number of hydrogen-bond acceptors (Lipinski definition) is 3. The van der Waals surface area contributed by atoms with Crippen LogP contribution in [0.15, 0.2) is 11.8 Å². The minimum absolute atomic E-state index is 0.507. The van der Waals surface area contributed by atoms with Crippen molar-refractivity contribution in [2.45, 2.75) is 13.3 Å². The molecule has 0 aliphatic rings. The molecule has 0 aliphatic carbocycles.